The van der Waals surface area contributed by atoms with Crippen LogP contribution >= 0.6 is 7.82 Å². The molecule has 0 spiro atoms. The van der Waals surface area contributed by atoms with Crippen LogP contribution in [0.2, 0.25) is 0 Å². The Bertz CT molecular complexity index is 1420. The van der Waals surface area contributed by atoms with Crippen molar-refractivity contribution in [2.75, 3.05) is 0 Å². The molecule has 0 aliphatic carbocycles. The first kappa shape index (κ1) is 35.9. The van der Waals surface area contributed by atoms with Crippen molar-refractivity contribution < 1.29 is 98.1 Å². The van der Waals surface area contributed by atoms with Gasteiger partial charge in [-0.2, -0.15) is 0 Å². The summed E-state index contributed by atoms with van der Waals surface area (Å²) < 4.78 is 22.5. The first-order chi connectivity index (χ1) is 16.8. The summed E-state index contributed by atoms with van der Waals surface area (Å²) in [6.45, 7) is 11.3. The van der Waals surface area contributed by atoms with Crippen LogP contribution in [0.25, 0.3) is 0 Å². The number of fused-ring (bicyclic) bond motifs is 1. The van der Waals surface area contributed by atoms with Crippen molar-refractivity contribution in [3.8, 4) is 11.5 Å². The molecule has 1 aliphatic heterocycles. The smallest absolute Gasteiger partial charge is 0.780 e. The van der Waals surface area contributed by atoms with Crippen molar-refractivity contribution in [2.45, 2.75) is 59.0 Å². The van der Waals surface area contributed by atoms with E-state index in [4.69, 9.17) is 9.26 Å². The molecule has 3 N–H and O–H groups in total. The molecule has 0 radical (unpaired) electrons. The number of phosphoric acid groups is 1. The zero-order valence-electron chi connectivity index (χ0n) is 23.6. The molecule has 8 nitrogen and oxygen atoms in total. The van der Waals surface area contributed by atoms with Crippen molar-refractivity contribution in [2.24, 2.45) is 0 Å². The van der Waals surface area contributed by atoms with E-state index in [2.05, 4.69) is 0 Å². The normalized spacial score (nSPS) is 16.1. The molecule has 4 rings (SSSR count). The fourth-order valence-electron chi connectivity index (χ4n) is 4.96. The molecule has 1 heterocycles. The molecular weight excluding hydrogens is 541 g/mol. The molecule has 0 saturated carbocycles. The number of aryl methyl sites for hydroxylation is 2. The van der Waals surface area contributed by atoms with E-state index in [0.29, 0.717) is 38.9 Å². The molecule has 11 heteroatoms. The van der Waals surface area contributed by atoms with E-state index in [1.165, 1.54) is 6.07 Å². The predicted molar refractivity (Wildman–Crippen MR) is 136 cm³/mol. The number of carbonyl (C=O) groups is 1. The van der Waals surface area contributed by atoms with Gasteiger partial charge in [0, 0.05) is 16.7 Å². The van der Waals surface area contributed by atoms with Crippen molar-refractivity contribution in [3.05, 3.63) is 93.0 Å². The van der Waals surface area contributed by atoms with Gasteiger partial charge in [0.15, 0.2) is 5.60 Å². The topological polar surface area (TPSA) is 150 Å². The molecule has 3 aromatic rings. The van der Waals surface area contributed by atoms with Gasteiger partial charge < -0.3 is 34.2 Å². The van der Waals surface area contributed by atoms with Gasteiger partial charge in [-0.1, -0.05) is 45.9 Å². The predicted octanol–water partition coefficient (Wildman–Crippen LogP) is -1.89. The minimum absolute atomic E-state index is 0. The monoisotopic (exact) mass is 572 g/mol. The number of benzene rings is 3. The average molecular weight is 573 g/mol. The average Bonchev–Trinajstić information content (AvgIpc) is 3.08. The van der Waals surface area contributed by atoms with Gasteiger partial charge in [-0.3, -0.25) is 0 Å². The Morgan fingerprint density at radius 1 is 0.872 bits per heavy atom. The summed E-state index contributed by atoms with van der Waals surface area (Å²) in [6, 6.07) is 14.0. The molecule has 3 aromatic carbocycles. The van der Waals surface area contributed by atoms with Crippen LogP contribution in [0, 0.1) is 13.8 Å². The van der Waals surface area contributed by atoms with Crippen LogP contribution in [0.1, 0.15) is 88.8 Å². The molecule has 198 valence electrons. The second-order valence-electron chi connectivity index (χ2n) is 9.90. The van der Waals surface area contributed by atoms with Gasteiger partial charge in [0.1, 0.15) is 19.3 Å². The fourth-order valence-corrected chi connectivity index (χ4v) is 5.40. The number of ether oxygens (including phenoxy) is 1. The van der Waals surface area contributed by atoms with Crippen LogP contribution in [-0.2, 0) is 14.9 Å². The summed E-state index contributed by atoms with van der Waals surface area (Å²) in [5, 5.41) is 10.5. The Balaban J connectivity index is 0.00000253. The Hall–Kier alpha value is -1.16. The van der Waals surface area contributed by atoms with Gasteiger partial charge in [-0.15, -0.1) is 0 Å². The van der Waals surface area contributed by atoms with Gasteiger partial charge >= 0.3 is 65.1 Å². The van der Waals surface area contributed by atoms with E-state index in [1.807, 2.05) is 45.9 Å². The minimum Gasteiger partial charge on any atom is -0.780 e. The van der Waals surface area contributed by atoms with Gasteiger partial charge in [0.2, 0.25) is 0 Å². The first-order valence-electron chi connectivity index (χ1n) is 11.8. The number of rotatable bonds is 6. The Kier molecular flexibility index (Phi) is 12.2. The Labute approximate surface area is 273 Å². The molecule has 0 fully saturated rings. The van der Waals surface area contributed by atoms with Gasteiger partial charge in [0.25, 0.3) is 0 Å². The van der Waals surface area contributed by atoms with E-state index >= 15 is 0 Å². The third-order valence-electron chi connectivity index (χ3n) is 6.70. The summed E-state index contributed by atoms with van der Waals surface area (Å²) in [5.74, 6) is -0.574. The summed E-state index contributed by atoms with van der Waals surface area (Å²) in [5.41, 5.74) is 3.54. The van der Waals surface area contributed by atoms with E-state index in [-0.39, 0.29) is 87.9 Å². The van der Waals surface area contributed by atoms with Crippen LogP contribution in [0.4, 0.5) is 0 Å². The van der Waals surface area contributed by atoms with Crippen LogP contribution in [0.15, 0.2) is 48.5 Å². The maximum atomic E-state index is 13.3. The van der Waals surface area contributed by atoms with Gasteiger partial charge in [-0.05, 0) is 78.3 Å². The molecule has 39 heavy (non-hydrogen) atoms. The van der Waals surface area contributed by atoms with E-state index in [9.17, 15) is 24.3 Å². The van der Waals surface area contributed by atoms with Crippen molar-refractivity contribution in [1.29, 1.82) is 0 Å². The number of phenols is 1. The second-order valence-corrected chi connectivity index (χ2v) is 11.0. The number of hydrogen-bond donors (Lipinski definition) is 1. The Morgan fingerprint density at radius 3 is 1.92 bits per heavy atom. The van der Waals surface area contributed by atoms with Crippen LogP contribution in [-0.4, -0.2) is 16.6 Å². The molecule has 0 saturated heterocycles. The van der Waals surface area contributed by atoms with Gasteiger partial charge in [-0.25, -0.2) is 4.79 Å². The third-order valence-corrected chi connectivity index (χ3v) is 7.12. The maximum absolute atomic E-state index is 13.3. The summed E-state index contributed by atoms with van der Waals surface area (Å²) in [7, 11) is -5.29. The molecule has 0 aromatic heterocycles. The quantitative estimate of drug-likeness (QED) is 0.206. The number of hydrogen-bond acceptors (Lipinski definition) is 7. The number of aromatic hydroxyl groups is 1. The molecule has 1 aliphatic rings. The molecular formula is C28H31Na2O8P. The summed E-state index contributed by atoms with van der Waals surface area (Å²) in [6.07, 6.45) is 0. The fraction of sp³-hybridized carbons (Fsp3) is 0.321. The number of phenolic OH excluding ortho intramolecular Hbond substituents is 1. The van der Waals surface area contributed by atoms with Crippen molar-refractivity contribution in [1.82, 2.24) is 0 Å². The van der Waals surface area contributed by atoms with Crippen molar-refractivity contribution in [3.63, 3.8) is 0 Å². The first-order valence-corrected chi connectivity index (χ1v) is 13.3. The minimum atomic E-state index is -5.29. The van der Waals surface area contributed by atoms with Crippen LogP contribution in [0.5, 0.6) is 11.5 Å². The second kappa shape index (κ2) is 13.2. The van der Waals surface area contributed by atoms with Crippen LogP contribution < -0.4 is 73.4 Å². The van der Waals surface area contributed by atoms with Crippen LogP contribution in [0.3, 0.4) is 0 Å². The number of esters is 1. The zero-order valence-corrected chi connectivity index (χ0v) is 28.5. The van der Waals surface area contributed by atoms with E-state index in [0.717, 1.165) is 5.56 Å². The SMILES string of the molecule is Cc1cc(C2(c3cc(C)c(OP(=O)([O-])[O-])cc3C(C)C)OC(=O)c3ccccc32)c(C(C)C)cc1O.O.[Na+].[Na+]. The maximum Gasteiger partial charge on any atom is 1.00 e. The summed E-state index contributed by atoms with van der Waals surface area (Å²) in [4.78, 5) is 36.1. The number of carbonyl (C=O) groups excluding carboxylic acids is 1. The molecule has 1 atom stereocenters. The number of phosphoric ester groups is 1. The molecule has 0 bridgehead atoms. The summed E-state index contributed by atoms with van der Waals surface area (Å²) >= 11 is 0. The molecule has 0 amide bonds. The standard InChI is InChI=1S/C28H31O7P.2Na.H2O/c1-15(2)20-13-25(29)17(5)11-23(20)28(22-10-8-7-9-19(22)27(30)34-28)24-12-18(6)26(35-36(31,32)33)14-21(24)16(3)4;;;/h7-16,29H,1-6H3,(H2,31,32,33);;;1H2/q;2*+1;/p-2. The third kappa shape index (κ3) is 6.68. The largest absolute Gasteiger partial charge is 1.00 e. The van der Waals surface area contributed by atoms with Crippen molar-refractivity contribution >= 4 is 13.8 Å². The number of cyclic esters (lactones) is 1. The zero-order chi connectivity index (χ0) is 26.6. The Morgan fingerprint density at radius 2 is 1.38 bits per heavy atom. The van der Waals surface area contributed by atoms with Gasteiger partial charge in [0.05, 0.1) is 5.56 Å². The molecule has 1 unspecified atom stereocenters. The van der Waals surface area contributed by atoms with E-state index in [1.54, 1.807) is 38.1 Å². The van der Waals surface area contributed by atoms with E-state index < -0.39 is 19.4 Å².